The van der Waals surface area contributed by atoms with Crippen molar-refractivity contribution in [2.45, 2.75) is 73.1 Å². The van der Waals surface area contributed by atoms with Crippen molar-refractivity contribution in [3.8, 4) is 28.0 Å². The molecule has 1 aliphatic heterocycles. The minimum atomic E-state index is 0.0481. The molecule has 0 unspecified atom stereocenters. The lowest BCUT2D eigenvalue weighted by Gasteiger charge is -2.27. The van der Waals surface area contributed by atoms with Crippen LogP contribution in [-0.4, -0.2) is 18.3 Å². The predicted octanol–water partition coefficient (Wildman–Crippen LogP) is 13.3. The molecule has 7 rings (SSSR count). The lowest BCUT2D eigenvalue weighted by atomic mass is 9.79. The van der Waals surface area contributed by atoms with Crippen LogP contribution in [0.1, 0.15) is 70.7 Å². The third-order valence-corrected chi connectivity index (χ3v) is 10.7. The van der Waals surface area contributed by atoms with Crippen LogP contribution in [0, 0.1) is 13.8 Å². The molecule has 1 heterocycles. The molecule has 0 radical (unpaired) electrons. The number of aryl methyl sites for hydroxylation is 2. The van der Waals surface area contributed by atoms with E-state index in [4.69, 9.17) is 0 Å². The first kappa shape index (κ1) is 35.9. The van der Waals surface area contributed by atoms with Crippen molar-refractivity contribution in [1.29, 1.82) is 0 Å². The van der Waals surface area contributed by atoms with Crippen LogP contribution in [0.25, 0.3) is 22.3 Å². The number of aromatic hydroxyl groups is 1. The molecule has 4 nitrogen and oxygen atoms in total. The van der Waals surface area contributed by atoms with E-state index in [1.54, 1.807) is 0 Å². The van der Waals surface area contributed by atoms with Crippen molar-refractivity contribution in [3.05, 3.63) is 150 Å². The molecule has 1 N–H and O–H groups in total. The standard InChI is InChI=1S/C49H53N3O/c1-10-50-32-51(43-23-21-35(29-45(43)50)37-27-38(48(4,5)6)31-39(28-37)49(7,8)9)44-24-22-36(30-46(44)53)47-33(2)25-42(26-34(47)3)52(40-17-13-11-14-18-40)41-19-15-12-16-20-41/h11-31,53H,10,32H2,1-9H3. The Hall–Kier alpha value is -5.48. The van der Waals surface area contributed by atoms with Crippen LogP contribution in [0.5, 0.6) is 5.75 Å². The molecule has 0 aliphatic carbocycles. The molecule has 6 aromatic carbocycles. The van der Waals surface area contributed by atoms with Gasteiger partial charge in [-0.3, -0.25) is 0 Å². The number of nitrogens with zero attached hydrogens (tertiary/aromatic N) is 3. The number of rotatable bonds is 7. The summed E-state index contributed by atoms with van der Waals surface area (Å²) in [6.07, 6.45) is 0. The average Bonchev–Trinajstić information content (AvgIpc) is 3.49. The van der Waals surface area contributed by atoms with Gasteiger partial charge in [0.1, 0.15) is 5.75 Å². The first-order chi connectivity index (χ1) is 25.2. The van der Waals surface area contributed by atoms with Gasteiger partial charge in [-0.2, -0.15) is 0 Å². The van der Waals surface area contributed by atoms with Crippen molar-refractivity contribution in [2.75, 3.05) is 27.9 Å². The highest BCUT2D eigenvalue weighted by Gasteiger charge is 2.29. The second kappa shape index (κ2) is 13.8. The third-order valence-electron chi connectivity index (χ3n) is 10.7. The van der Waals surface area contributed by atoms with Gasteiger partial charge in [-0.1, -0.05) is 108 Å². The molecular weight excluding hydrogens is 647 g/mol. The van der Waals surface area contributed by atoms with E-state index in [0.717, 1.165) is 57.2 Å². The van der Waals surface area contributed by atoms with E-state index in [0.29, 0.717) is 6.67 Å². The third kappa shape index (κ3) is 7.03. The lowest BCUT2D eigenvalue weighted by molar-refractivity contribution is 0.476. The minimum Gasteiger partial charge on any atom is -0.506 e. The summed E-state index contributed by atoms with van der Waals surface area (Å²) in [5.74, 6) is 0.279. The summed E-state index contributed by atoms with van der Waals surface area (Å²) >= 11 is 0. The van der Waals surface area contributed by atoms with E-state index in [9.17, 15) is 5.11 Å². The molecule has 4 heteroatoms. The topological polar surface area (TPSA) is 30.0 Å². The highest BCUT2D eigenvalue weighted by atomic mass is 16.3. The molecule has 0 aromatic heterocycles. The normalized spacial score (nSPS) is 13.0. The molecule has 0 fully saturated rings. The van der Waals surface area contributed by atoms with E-state index in [1.807, 2.05) is 6.07 Å². The van der Waals surface area contributed by atoms with Crippen molar-refractivity contribution < 1.29 is 5.11 Å². The first-order valence-corrected chi connectivity index (χ1v) is 18.9. The number of fused-ring (bicyclic) bond motifs is 1. The minimum absolute atomic E-state index is 0.0481. The van der Waals surface area contributed by atoms with Crippen LogP contribution in [0.4, 0.5) is 34.1 Å². The molecule has 1 aliphatic rings. The first-order valence-electron chi connectivity index (χ1n) is 18.9. The number of hydrogen-bond donors (Lipinski definition) is 1. The average molecular weight is 700 g/mol. The van der Waals surface area contributed by atoms with E-state index < -0.39 is 0 Å². The lowest BCUT2D eigenvalue weighted by Crippen LogP contribution is -2.27. The predicted molar refractivity (Wildman–Crippen MR) is 227 cm³/mol. The highest BCUT2D eigenvalue weighted by molar-refractivity contribution is 5.89. The van der Waals surface area contributed by atoms with Gasteiger partial charge in [0.25, 0.3) is 0 Å². The Morgan fingerprint density at radius 1 is 0.547 bits per heavy atom. The largest absolute Gasteiger partial charge is 0.506 e. The molecule has 0 atom stereocenters. The van der Waals surface area contributed by atoms with E-state index in [1.165, 1.54) is 27.9 Å². The summed E-state index contributed by atoms with van der Waals surface area (Å²) in [7, 11) is 0. The molecule has 53 heavy (non-hydrogen) atoms. The maximum atomic E-state index is 11.7. The number of phenolic OH excluding ortho intramolecular Hbond substituents is 1. The zero-order valence-corrected chi connectivity index (χ0v) is 32.8. The van der Waals surface area contributed by atoms with Crippen molar-refractivity contribution >= 4 is 34.1 Å². The number of anilines is 6. The monoisotopic (exact) mass is 699 g/mol. The van der Waals surface area contributed by atoms with E-state index in [2.05, 4.69) is 198 Å². The number of benzene rings is 6. The van der Waals surface area contributed by atoms with Crippen molar-refractivity contribution in [2.24, 2.45) is 0 Å². The Kier molecular flexibility index (Phi) is 9.36. The molecule has 270 valence electrons. The molecular formula is C49H53N3O. The Bertz CT molecular complexity index is 2170. The van der Waals surface area contributed by atoms with Crippen LogP contribution in [-0.2, 0) is 10.8 Å². The fourth-order valence-corrected chi connectivity index (χ4v) is 7.68. The van der Waals surface area contributed by atoms with Gasteiger partial charge in [0.05, 0.1) is 23.7 Å². The Balaban J connectivity index is 1.23. The smallest absolute Gasteiger partial charge is 0.139 e. The summed E-state index contributed by atoms with van der Waals surface area (Å²) in [4.78, 5) is 6.93. The van der Waals surface area contributed by atoms with E-state index in [-0.39, 0.29) is 16.6 Å². The highest BCUT2D eigenvalue weighted by Crippen LogP contribution is 2.47. The van der Waals surface area contributed by atoms with Gasteiger partial charge in [-0.15, -0.1) is 0 Å². The van der Waals surface area contributed by atoms with Crippen molar-refractivity contribution in [3.63, 3.8) is 0 Å². The fraction of sp³-hybridized carbons (Fsp3) is 0.265. The van der Waals surface area contributed by atoms with Crippen molar-refractivity contribution in [1.82, 2.24) is 0 Å². The molecule has 0 spiro atoms. The van der Waals surface area contributed by atoms with Crippen LogP contribution < -0.4 is 14.7 Å². The summed E-state index contributed by atoms with van der Waals surface area (Å²) in [5.41, 5.74) is 16.2. The van der Waals surface area contributed by atoms with Crippen LogP contribution >= 0.6 is 0 Å². The van der Waals surface area contributed by atoms with Gasteiger partial charge in [-0.05, 0) is 137 Å². The number of hydrogen-bond acceptors (Lipinski definition) is 4. The Morgan fingerprint density at radius 2 is 1.08 bits per heavy atom. The maximum Gasteiger partial charge on any atom is 0.139 e. The second-order valence-electron chi connectivity index (χ2n) is 16.6. The van der Waals surface area contributed by atoms with Gasteiger partial charge in [-0.25, -0.2) is 0 Å². The molecule has 0 bridgehead atoms. The van der Waals surface area contributed by atoms with Gasteiger partial charge in [0, 0.05) is 23.6 Å². The summed E-state index contributed by atoms with van der Waals surface area (Å²) < 4.78 is 0. The van der Waals surface area contributed by atoms with Gasteiger partial charge >= 0.3 is 0 Å². The second-order valence-corrected chi connectivity index (χ2v) is 16.6. The fourth-order valence-electron chi connectivity index (χ4n) is 7.68. The van der Waals surface area contributed by atoms with Crippen LogP contribution in [0.3, 0.4) is 0 Å². The molecule has 0 saturated heterocycles. The Labute approximate surface area is 317 Å². The Morgan fingerprint density at radius 3 is 1.58 bits per heavy atom. The van der Waals surface area contributed by atoms with Crippen LogP contribution in [0.2, 0.25) is 0 Å². The molecule has 0 saturated carbocycles. The summed E-state index contributed by atoms with van der Waals surface area (Å²) in [6.45, 7) is 21.8. The zero-order chi connectivity index (χ0) is 37.7. The summed E-state index contributed by atoms with van der Waals surface area (Å²) in [5, 5.41) is 11.7. The van der Waals surface area contributed by atoms with Crippen LogP contribution in [0.15, 0.2) is 127 Å². The van der Waals surface area contributed by atoms with E-state index >= 15 is 0 Å². The quantitative estimate of drug-likeness (QED) is 0.180. The van der Waals surface area contributed by atoms with Gasteiger partial charge in [0.2, 0.25) is 0 Å². The molecule has 6 aromatic rings. The van der Waals surface area contributed by atoms with Gasteiger partial charge < -0.3 is 19.8 Å². The number of para-hydroxylation sites is 2. The van der Waals surface area contributed by atoms with Gasteiger partial charge in [0.15, 0.2) is 0 Å². The molecule has 0 amide bonds. The SMILES string of the molecule is CCN1CN(c2ccc(-c3c(C)cc(N(c4ccccc4)c4ccccc4)cc3C)cc2O)c2ccc(-c3cc(C(C)(C)C)cc(C(C)(C)C)c3)cc21. The maximum absolute atomic E-state index is 11.7. The summed E-state index contributed by atoms with van der Waals surface area (Å²) in [6, 6.07) is 45.6. The zero-order valence-electron chi connectivity index (χ0n) is 32.8. The number of phenols is 1.